The molecule has 0 spiro atoms. The molecule has 0 aromatic heterocycles. The lowest BCUT2D eigenvalue weighted by Crippen LogP contribution is -2.68. The van der Waals surface area contributed by atoms with Crippen LogP contribution in [0.4, 0.5) is 0 Å². The lowest BCUT2D eigenvalue weighted by molar-refractivity contribution is -0.150. The van der Waals surface area contributed by atoms with Crippen molar-refractivity contribution in [3.05, 3.63) is 65.7 Å². The number of hydrogen-bond acceptors (Lipinski definition) is 6. The number of benzene rings is 2. The smallest absolute Gasteiger partial charge is 0.308 e. The number of carbonyl (C=O) groups is 2. The van der Waals surface area contributed by atoms with Crippen molar-refractivity contribution >= 4 is 18.0 Å². The Morgan fingerprint density at radius 1 is 1.05 bits per heavy atom. The number of hydrogen-bond donors (Lipinski definition) is 1. The van der Waals surface area contributed by atoms with Crippen molar-refractivity contribution in [1.82, 2.24) is 10.2 Å². The van der Waals surface area contributed by atoms with E-state index < -0.39 is 0 Å². The molecule has 3 aliphatic rings. The van der Waals surface area contributed by atoms with Crippen LogP contribution < -0.4 is 14.8 Å². The highest BCUT2D eigenvalue weighted by atomic mass is 16.5. The van der Waals surface area contributed by atoms with Gasteiger partial charge in [0.05, 0.1) is 12.7 Å². The molecule has 2 aromatic rings. The van der Waals surface area contributed by atoms with Crippen LogP contribution >= 0.6 is 0 Å². The van der Waals surface area contributed by atoms with Crippen molar-refractivity contribution in [1.29, 1.82) is 0 Å². The second kappa shape index (κ2) is 11.5. The van der Waals surface area contributed by atoms with Gasteiger partial charge in [0.15, 0.2) is 0 Å². The molecular weight excluding hydrogens is 492 g/mol. The van der Waals surface area contributed by atoms with Gasteiger partial charge < -0.3 is 24.4 Å². The molecule has 7 nitrogen and oxygen atoms in total. The number of ether oxygens (including phenoxy) is 3. The number of esters is 1. The van der Waals surface area contributed by atoms with Gasteiger partial charge in [0.1, 0.15) is 11.5 Å². The number of carbonyl (C=O) groups excluding carboxylic acids is 2. The Kier molecular flexibility index (Phi) is 8.10. The fourth-order valence-corrected chi connectivity index (χ4v) is 6.73. The monoisotopic (exact) mass is 532 g/mol. The number of rotatable bonds is 9. The third-order valence-electron chi connectivity index (χ3n) is 8.82. The van der Waals surface area contributed by atoms with E-state index >= 15 is 0 Å². The first-order valence-corrected chi connectivity index (χ1v) is 14.0. The fourth-order valence-electron chi connectivity index (χ4n) is 6.73. The van der Waals surface area contributed by atoms with Crippen LogP contribution in [0.5, 0.6) is 11.5 Å². The second-order valence-corrected chi connectivity index (χ2v) is 11.4. The van der Waals surface area contributed by atoms with Crippen LogP contribution in [0, 0.1) is 5.92 Å². The van der Waals surface area contributed by atoms with Crippen LogP contribution in [0.1, 0.15) is 56.6 Å². The van der Waals surface area contributed by atoms with Gasteiger partial charge >= 0.3 is 5.97 Å². The number of piperidine rings is 1. The third-order valence-corrected chi connectivity index (χ3v) is 8.82. The van der Waals surface area contributed by atoms with E-state index in [2.05, 4.69) is 16.3 Å². The summed E-state index contributed by atoms with van der Waals surface area (Å²) in [4.78, 5) is 27.3. The Morgan fingerprint density at radius 2 is 1.85 bits per heavy atom. The zero-order valence-corrected chi connectivity index (χ0v) is 23.3. The van der Waals surface area contributed by atoms with E-state index in [1.165, 1.54) is 19.8 Å². The van der Waals surface area contributed by atoms with E-state index in [4.69, 9.17) is 14.2 Å². The minimum atomic E-state index is -0.382. The van der Waals surface area contributed by atoms with Gasteiger partial charge in [0.25, 0.3) is 0 Å². The van der Waals surface area contributed by atoms with Gasteiger partial charge in [0.2, 0.25) is 5.91 Å². The van der Waals surface area contributed by atoms with Crippen LogP contribution in [0.2, 0.25) is 0 Å². The molecule has 2 saturated carbocycles. The van der Waals surface area contributed by atoms with E-state index in [0.717, 1.165) is 68.1 Å². The standard InChI is InChI=1S/C32H40N2O5/c1-23(35)39-29-9-5-7-26(19-29)31-16-17-34(21-25-10-11-25)22-32(31,38-3)15-14-27(20-31)33-30(36)13-12-24-6-4-8-28(18-24)37-2/h4-9,12-13,18-19,25,27H,10-11,14-17,20-22H2,1-3H3,(H,33,36)/b13-12+. The number of amides is 1. The Bertz CT molecular complexity index is 1220. The minimum absolute atomic E-state index is 0.00287. The minimum Gasteiger partial charge on any atom is -0.497 e. The summed E-state index contributed by atoms with van der Waals surface area (Å²) in [5.74, 6) is 1.67. The molecule has 1 aliphatic heterocycles. The van der Waals surface area contributed by atoms with Gasteiger partial charge in [-0.25, -0.2) is 0 Å². The van der Waals surface area contributed by atoms with E-state index in [0.29, 0.717) is 5.75 Å². The SMILES string of the molecule is COc1cccc(/C=C/C(=O)NC2CCC3(OC)CN(CC4CC4)CCC3(c3cccc(OC(C)=O)c3)C2)c1. The third kappa shape index (κ3) is 6.04. The number of nitrogens with zero attached hydrogens (tertiary/aromatic N) is 1. The van der Waals surface area contributed by atoms with Crippen molar-refractivity contribution in [3.63, 3.8) is 0 Å². The molecule has 1 N–H and O–H groups in total. The van der Waals surface area contributed by atoms with Crippen LogP contribution in [0.3, 0.4) is 0 Å². The van der Waals surface area contributed by atoms with Gasteiger partial charge in [-0.15, -0.1) is 0 Å². The predicted molar refractivity (Wildman–Crippen MR) is 151 cm³/mol. The summed E-state index contributed by atoms with van der Waals surface area (Å²) in [5, 5.41) is 3.28. The summed E-state index contributed by atoms with van der Waals surface area (Å²) in [6, 6.07) is 15.5. The van der Waals surface area contributed by atoms with Gasteiger partial charge in [-0.3, -0.25) is 9.59 Å². The topological polar surface area (TPSA) is 77.1 Å². The van der Waals surface area contributed by atoms with Crippen LogP contribution in [0.25, 0.3) is 6.08 Å². The highest BCUT2D eigenvalue weighted by Gasteiger charge is 2.59. The molecule has 2 aliphatic carbocycles. The largest absolute Gasteiger partial charge is 0.497 e. The first kappa shape index (κ1) is 27.4. The average molecular weight is 533 g/mol. The molecule has 1 amide bonds. The van der Waals surface area contributed by atoms with Gasteiger partial charge in [-0.05, 0) is 92.5 Å². The lowest BCUT2D eigenvalue weighted by atomic mass is 9.55. The van der Waals surface area contributed by atoms with Crippen molar-refractivity contribution in [2.45, 2.75) is 62.5 Å². The van der Waals surface area contributed by atoms with Crippen LogP contribution in [-0.2, 0) is 19.7 Å². The zero-order valence-electron chi connectivity index (χ0n) is 23.3. The molecule has 1 heterocycles. The Morgan fingerprint density at radius 3 is 2.59 bits per heavy atom. The quantitative estimate of drug-likeness (QED) is 0.286. The van der Waals surface area contributed by atoms with Crippen molar-refractivity contribution in [2.75, 3.05) is 33.9 Å². The fraction of sp³-hybridized carbons (Fsp3) is 0.500. The highest BCUT2D eigenvalue weighted by molar-refractivity contribution is 5.92. The average Bonchev–Trinajstić information content (AvgIpc) is 3.76. The normalized spacial score (nSPS) is 27.1. The predicted octanol–water partition coefficient (Wildman–Crippen LogP) is 4.74. The summed E-state index contributed by atoms with van der Waals surface area (Å²) in [5.41, 5.74) is 1.32. The van der Waals surface area contributed by atoms with Crippen molar-refractivity contribution in [3.8, 4) is 11.5 Å². The maximum atomic E-state index is 13.0. The van der Waals surface area contributed by atoms with Gasteiger partial charge in [-0.1, -0.05) is 24.3 Å². The van der Waals surface area contributed by atoms with E-state index in [1.807, 2.05) is 55.7 Å². The van der Waals surface area contributed by atoms with Crippen LogP contribution in [-0.4, -0.2) is 62.3 Å². The van der Waals surface area contributed by atoms with Crippen LogP contribution in [0.15, 0.2) is 54.6 Å². The molecule has 3 unspecified atom stereocenters. The molecule has 7 heteroatoms. The number of likely N-dealkylation sites (tertiary alicyclic amines) is 1. The summed E-state index contributed by atoms with van der Waals surface area (Å²) in [6.07, 6.45) is 9.42. The molecule has 39 heavy (non-hydrogen) atoms. The van der Waals surface area contributed by atoms with E-state index in [9.17, 15) is 9.59 Å². The highest BCUT2D eigenvalue weighted by Crippen LogP contribution is 2.54. The maximum absolute atomic E-state index is 13.0. The summed E-state index contributed by atoms with van der Waals surface area (Å²) >= 11 is 0. The summed E-state index contributed by atoms with van der Waals surface area (Å²) in [6.45, 7) is 4.40. The number of fused-ring (bicyclic) bond motifs is 1. The molecule has 3 fully saturated rings. The molecule has 0 radical (unpaired) electrons. The second-order valence-electron chi connectivity index (χ2n) is 11.4. The molecular formula is C32H40N2O5. The number of nitrogens with one attached hydrogen (secondary N) is 1. The lowest BCUT2D eigenvalue weighted by Gasteiger charge is -2.60. The molecule has 0 bridgehead atoms. The molecule has 208 valence electrons. The molecule has 2 aromatic carbocycles. The Balaban J connectivity index is 1.39. The molecule has 5 rings (SSSR count). The van der Waals surface area contributed by atoms with Crippen molar-refractivity contribution in [2.24, 2.45) is 5.92 Å². The van der Waals surface area contributed by atoms with E-state index in [1.54, 1.807) is 13.2 Å². The van der Waals surface area contributed by atoms with Crippen molar-refractivity contribution < 1.29 is 23.8 Å². The first-order chi connectivity index (χ1) is 18.8. The zero-order chi connectivity index (χ0) is 27.5. The summed E-state index contributed by atoms with van der Waals surface area (Å²) in [7, 11) is 3.47. The number of methoxy groups -OCH3 is 2. The van der Waals surface area contributed by atoms with E-state index in [-0.39, 0.29) is 28.9 Å². The first-order valence-electron chi connectivity index (χ1n) is 14.0. The summed E-state index contributed by atoms with van der Waals surface area (Å²) < 4.78 is 17.3. The maximum Gasteiger partial charge on any atom is 0.308 e. The Labute approximate surface area is 231 Å². The Hall–Kier alpha value is -3.16. The molecule has 3 atom stereocenters. The molecule has 1 saturated heterocycles. The van der Waals surface area contributed by atoms with Gasteiger partial charge in [0, 0.05) is 44.7 Å². The van der Waals surface area contributed by atoms with Gasteiger partial charge in [-0.2, -0.15) is 0 Å².